The van der Waals surface area contributed by atoms with E-state index in [9.17, 15) is 0 Å². The summed E-state index contributed by atoms with van der Waals surface area (Å²) in [5.41, 5.74) is 2.28. The van der Waals surface area contributed by atoms with Crippen LogP contribution in [0.3, 0.4) is 0 Å². The van der Waals surface area contributed by atoms with Crippen LogP contribution in [0.2, 0.25) is 0 Å². The van der Waals surface area contributed by atoms with E-state index in [1.54, 1.807) is 6.20 Å². The molecule has 4 nitrogen and oxygen atoms in total. The summed E-state index contributed by atoms with van der Waals surface area (Å²) in [5, 5.41) is 4.20. The van der Waals surface area contributed by atoms with Crippen LogP contribution in [0.1, 0.15) is 6.42 Å². The molecule has 0 aliphatic rings. The minimum absolute atomic E-state index is 0.789. The highest BCUT2D eigenvalue weighted by molar-refractivity contribution is 14.1. The predicted molar refractivity (Wildman–Crippen MR) is 86.7 cm³/mol. The van der Waals surface area contributed by atoms with Gasteiger partial charge in [0.05, 0.1) is 11.0 Å². The van der Waals surface area contributed by atoms with Gasteiger partial charge in [-0.25, -0.2) is 0 Å². The summed E-state index contributed by atoms with van der Waals surface area (Å²) in [7, 11) is 0. The normalized spacial score (nSPS) is 11.2. The maximum Gasteiger partial charge on any atom is 0.178 e. The second-order valence-electron chi connectivity index (χ2n) is 4.37. The van der Waals surface area contributed by atoms with E-state index < -0.39 is 0 Å². The molecule has 0 aliphatic carbocycles. The van der Waals surface area contributed by atoms with Crippen molar-refractivity contribution >= 4 is 45.8 Å². The molecule has 1 aromatic carbocycles. The second-order valence-corrected chi connectivity index (χ2v) is 6.00. The summed E-state index contributed by atoms with van der Waals surface area (Å²) in [6, 6.07) is 8.29. The number of imidazole rings is 1. The zero-order valence-electron chi connectivity index (χ0n) is 10.2. The fraction of sp³-hybridized carbons (Fsp3) is 0.231. The van der Waals surface area contributed by atoms with Crippen LogP contribution in [0.25, 0.3) is 11.0 Å². The number of rotatable bonds is 4. The number of fused-ring (bicyclic) bond motifs is 1. The van der Waals surface area contributed by atoms with Gasteiger partial charge in [-0.2, -0.15) is 5.10 Å². The molecule has 0 amide bonds. The average Bonchev–Trinajstić information content (AvgIpc) is 2.98. The van der Waals surface area contributed by atoms with E-state index in [-0.39, 0.29) is 0 Å². The number of nitrogens with one attached hydrogen (secondary N) is 1. The highest BCUT2D eigenvalue weighted by atomic mass is 127. The number of aromatic amines is 1. The number of aryl methyl sites for hydroxylation is 2. The van der Waals surface area contributed by atoms with Crippen molar-refractivity contribution in [1.29, 1.82) is 0 Å². The van der Waals surface area contributed by atoms with Gasteiger partial charge in [0.1, 0.15) is 0 Å². The fourth-order valence-electron chi connectivity index (χ4n) is 2.18. The number of H-pyrrole nitrogens is 1. The van der Waals surface area contributed by atoms with Gasteiger partial charge in [-0.3, -0.25) is 4.68 Å². The van der Waals surface area contributed by atoms with E-state index in [1.807, 2.05) is 16.9 Å². The van der Waals surface area contributed by atoms with Gasteiger partial charge in [0.25, 0.3) is 0 Å². The topological polar surface area (TPSA) is 38.5 Å². The van der Waals surface area contributed by atoms with Gasteiger partial charge in [0.15, 0.2) is 4.77 Å². The molecule has 0 unspecified atom stereocenters. The Morgan fingerprint density at radius 1 is 1.32 bits per heavy atom. The van der Waals surface area contributed by atoms with Crippen molar-refractivity contribution in [3.63, 3.8) is 0 Å². The van der Waals surface area contributed by atoms with Crippen LogP contribution >= 0.6 is 34.8 Å². The highest BCUT2D eigenvalue weighted by Gasteiger charge is 2.04. The Morgan fingerprint density at radius 2 is 2.21 bits per heavy atom. The molecule has 2 heterocycles. The number of benzene rings is 1. The van der Waals surface area contributed by atoms with Gasteiger partial charge in [-0.15, -0.1) is 0 Å². The van der Waals surface area contributed by atoms with Crippen molar-refractivity contribution < 1.29 is 0 Å². The molecular weight excluding hydrogens is 371 g/mol. The minimum atomic E-state index is 0.789. The van der Waals surface area contributed by atoms with Crippen LogP contribution in [-0.2, 0) is 13.1 Å². The molecule has 2 aromatic heterocycles. The largest absolute Gasteiger partial charge is 0.331 e. The van der Waals surface area contributed by atoms with Crippen molar-refractivity contribution in [2.24, 2.45) is 0 Å². The first kappa shape index (κ1) is 12.9. The molecule has 3 aromatic rings. The number of halogens is 1. The molecule has 0 aliphatic heterocycles. The lowest BCUT2D eigenvalue weighted by Crippen LogP contribution is -2.04. The van der Waals surface area contributed by atoms with Crippen molar-refractivity contribution in [1.82, 2.24) is 19.3 Å². The number of hydrogen-bond donors (Lipinski definition) is 1. The van der Waals surface area contributed by atoms with Gasteiger partial charge in [0.2, 0.25) is 0 Å². The standard InChI is InChI=1S/C13H13IN4S/c14-10-3-4-12-11(9-10)16-13(19)18(12)8-2-7-17-6-1-5-15-17/h1,3-6,9H,2,7-8H2,(H,16,19). The molecule has 1 N–H and O–H groups in total. The van der Waals surface area contributed by atoms with Crippen LogP contribution in [0.15, 0.2) is 36.7 Å². The third-order valence-corrected chi connectivity index (χ3v) is 4.06. The Balaban J connectivity index is 1.80. The molecule has 0 spiro atoms. The second kappa shape index (κ2) is 5.46. The van der Waals surface area contributed by atoms with Gasteiger partial charge in [0, 0.05) is 29.1 Å². The van der Waals surface area contributed by atoms with E-state index in [0.717, 1.165) is 29.8 Å². The van der Waals surface area contributed by atoms with E-state index in [4.69, 9.17) is 12.2 Å². The van der Waals surface area contributed by atoms with Crippen molar-refractivity contribution in [3.05, 3.63) is 45.0 Å². The van der Waals surface area contributed by atoms with E-state index in [2.05, 4.69) is 55.4 Å². The van der Waals surface area contributed by atoms with Crippen LogP contribution in [0.4, 0.5) is 0 Å². The smallest absolute Gasteiger partial charge is 0.178 e. The summed E-state index contributed by atoms with van der Waals surface area (Å²) in [5.74, 6) is 0. The van der Waals surface area contributed by atoms with Crippen LogP contribution in [-0.4, -0.2) is 19.3 Å². The summed E-state index contributed by atoms with van der Waals surface area (Å²) < 4.78 is 6.11. The van der Waals surface area contributed by atoms with Crippen LogP contribution in [0, 0.1) is 8.34 Å². The van der Waals surface area contributed by atoms with Crippen molar-refractivity contribution in [2.75, 3.05) is 0 Å². The molecule has 0 fully saturated rings. The summed E-state index contributed by atoms with van der Waals surface area (Å²) in [6.07, 6.45) is 4.80. The lowest BCUT2D eigenvalue weighted by Gasteiger charge is -2.05. The monoisotopic (exact) mass is 384 g/mol. The Hall–Kier alpha value is -1.15. The predicted octanol–water partition coefficient (Wildman–Crippen LogP) is 3.59. The molecule has 19 heavy (non-hydrogen) atoms. The van der Waals surface area contributed by atoms with Crippen LogP contribution in [0.5, 0.6) is 0 Å². The Morgan fingerprint density at radius 3 is 3.00 bits per heavy atom. The number of nitrogens with zero attached hydrogens (tertiary/aromatic N) is 3. The number of aromatic nitrogens is 4. The Bertz CT molecular complexity index is 742. The third-order valence-electron chi connectivity index (χ3n) is 3.06. The maximum absolute atomic E-state index is 5.39. The minimum Gasteiger partial charge on any atom is -0.331 e. The maximum atomic E-state index is 5.39. The molecule has 3 rings (SSSR count). The van der Waals surface area contributed by atoms with Crippen molar-refractivity contribution in [2.45, 2.75) is 19.5 Å². The molecule has 0 bridgehead atoms. The van der Waals surface area contributed by atoms with Gasteiger partial charge >= 0.3 is 0 Å². The van der Waals surface area contributed by atoms with Gasteiger partial charge in [-0.1, -0.05) is 0 Å². The molecule has 6 heteroatoms. The molecular formula is C13H13IN4S. The summed E-state index contributed by atoms with van der Waals surface area (Å²) in [6.45, 7) is 1.81. The molecule has 98 valence electrons. The Labute approximate surface area is 129 Å². The number of hydrogen-bond acceptors (Lipinski definition) is 2. The molecule has 0 saturated carbocycles. The summed E-state index contributed by atoms with van der Waals surface area (Å²) >= 11 is 7.70. The van der Waals surface area contributed by atoms with Crippen molar-refractivity contribution in [3.8, 4) is 0 Å². The summed E-state index contributed by atoms with van der Waals surface area (Å²) in [4.78, 5) is 3.26. The highest BCUT2D eigenvalue weighted by Crippen LogP contribution is 2.17. The van der Waals surface area contributed by atoms with Crippen LogP contribution < -0.4 is 0 Å². The van der Waals surface area contributed by atoms with E-state index >= 15 is 0 Å². The zero-order valence-corrected chi connectivity index (χ0v) is 13.2. The van der Waals surface area contributed by atoms with Gasteiger partial charge in [-0.05, 0) is 65.5 Å². The van der Waals surface area contributed by atoms with Gasteiger partial charge < -0.3 is 9.55 Å². The van der Waals surface area contributed by atoms with E-state index in [0.29, 0.717) is 0 Å². The average molecular weight is 384 g/mol. The van der Waals surface area contributed by atoms with E-state index in [1.165, 1.54) is 9.09 Å². The molecule has 0 atom stereocenters. The first-order chi connectivity index (χ1) is 9.24. The lowest BCUT2D eigenvalue weighted by atomic mass is 10.3. The molecule has 0 radical (unpaired) electrons. The third kappa shape index (κ3) is 2.74. The Kier molecular flexibility index (Phi) is 3.69. The first-order valence-electron chi connectivity index (χ1n) is 6.09. The quantitative estimate of drug-likeness (QED) is 0.552. The zero-order chi connectivity index (χ0) is 13.2. The lowest BCUT2D eigenvalue weighted by molar-refractivity contribution is 0.530. The first-order valence-corrected chi connectivity index (χ1v) is 7.58. The fourth-order valence-corrected chi connectivity index (χ4v) is 2.97. The molecule has 0 saturated heterocycles. The SMILES string of the molecule is S=c1[nH]c2cc(I)ccc2n1CCCn1cccn1.